The van der Waals surface area contributed by atoms with Gasteiger partial charge in [-0.05, 0) is 0 Å². The van der Waals surface area contributed by atoms with Crippen LogP contribution in [0.15, 0.2) is 0 Å². The van der Waals surface area contributed by atoms with Crippen molar-refractivity contribution in [1.82, 2.24) is 0 Å². The minimum absolute atomic E-state index is 0. The largest absolute Gasteiger partial charge is 1.00 e. The van der Waals surface area contributed by atoms with Gasteiger partial charge >= 0.3 is 29.6 Å². The number of halogens is 1. The van der Waals surface area contributed by atoms with Crippen molar-refractivity contribution >= 4 is 12.4 Å². The maximum atomic E-state index is 0. The average Bonchev–Trinajstić information content (AvgIpc) is 0. The van der Waals surface area contributed by atoms with Gasteiger partial charge in [-0.3, -0.25) is 0 Å². The van der Waals surface area contributed by atoms with Gasteiger partial charge in [0.2, 0.25) is 0 Å². The zero-order chi connectivity index (χ0) is 0. The normalized spacial score (nSPS) is 0. The van der Waals surface area contributed by atoms with E-state index in [0.717, 1.165) is 0 Å². The second kappa shape index (κ2) is 20.6. The van der Waals surface area contributed by atoms with Crippen molar-refractivity contribution in [1.29, 1.82) is 0 Å². The summed E-state index contributed by atoms with van der Waals surface area (Å²) < 4.78 is 0. The van der Waals surface area contributed by atoms with Crippen molar-refractivity contribution in [3.8, 4) is 0 Å². The third-order valence-corrected chi connectivity index (χ3v) is 0. The Morgan fingerprint density at radius 3 is 1.25 bits per heavy atom. The fraction of sp³-hybridized carbons (Fsp3) is 1.00. The first kappa shape index (κ1) is 39.0. The molecule has 0 N–H and O–H groups in total. The monoisotopic (exact) mass is 140 g/mol. The SMILES string of the molecule is C.Cl.[H-].[Na+].[Zn]. The zero-order valence-electron chi connectivity index (χ0n) is 3.12. The Kier molecular flexibility index (Phi) is 200. The van der Waals surface area contributed by atoms with E-state index in [1.54, 1.807) is 0 Å². The molecular formula is CH6ClNaZn. The molecule has 0 radical (unpaired) electrons. The van der Waals surface area contributed by atoms with Crippen molar-refractivity contribution in [3.63, 3.8) is 0 Å². The van der Waals surface area contributed by atoms with Crippen molar-refractivity contribution in [2.45, 2.75) is 7.43 Å². The van der Waals surface area contributed by atoms with Gasteiger partial charge in [0.05, 0.1) is 0 Å². The second-order valence-corrected chi connectivity index (χ2v) is 0. The van der Waals surface area contributed by atoms with E-state index < -0.39 is 0 Å². The molecule has 0 amide bonds. The van der Waals surface area contributed by atoms with Crippen LogP contribution in [-0.2, 0) is 19.5 Å². The van der Waals surface area contributed by atoms with E-state index in [2.05, 4.69) is 0 Å². The van der Waals surface area contributed by atoms with Crippen LogP contribution in [0.25, 0.3) is 0 Å². The Hall–Kier alpha value is 1.91. The first-order chi connectivity index (χ1) is 0. The molecule has 0 spiro atoms. The van der Waals surface area contributed by atoms with Crippen LogP contribution in [0.1, 0.15) is 8.85 Å². The molecule has 0 aliphatic heterocycles. The molecule has 0 fully saturated rings. The van der Waals surface area contributed by atoms with E-state index >= 15 is 0 Å². The molecule has 4 heavy (non-hydrogen) atoms. The molecule has 0 unspecified atom stereocenters. The smallest absolute Gasteiger partial charge is 1.00 e. The van der Waals surface area contributed by atoms with Gasteiger partial charge in [0.25, 0.3) is 0 Å². The summed E-state index contributed by atoms with van der Waals surface area (Å²) in [7, 11) is 0. The number of rotatable bonds is 0. The third kappa shape index (κ3) is 9.07. The molecule has 0 aromatic carbocycles. The molecule has 0 nitrogen and oxygen atoms in total. The first-order valence-corrected chi connectivity index (χ1v) is 0. The van der Waals surface area contributed by atoms with E-state index in [4.69, 9.17) is 0 Å². The summed E-state index contributed by atoms with van der Waals surface area (Å²) in [5.41, 5.74) is 0. The Labute approximate surface area is 69.7 Å². The molecule has 0 saturated carbocycles. The van der Waals surface area contributed by atoms with Gasteiger partial charge in [-0.2, -0.15) is 0 Å². The van der Waals surface area contributed by atoms with Crippen molar-refractivity contribution in [2.24, 2.45) is 0 Å². The molecular weight excluding hydrogens is 136 g/mol. The van der Waals surface area contributed by atoms with Crippen LogP contribution in [0, 0.1) is 0 Å². The maximum absolute atomic E-state index is 0. The summed E-state index contributed by atoms with van der Waals surface area (Å²) in [6.07, 6.45) is 0. The molecule has 0 bridgehead atoms. The predicted octanol–water partition coefficient (Wildman–Crippen LogP) is -1.83. The first-order valence-electron chi connectivity index (χ1n) is 0. The van der Waals surface area contributed by atoms with Crippen molar-refractivity contribution < 1.29 is 50.5 Å². The quantitative estimate of drug-likeness (QED) is 0.349. The van der Waals surface area contributed by atoms with Gasteiger partial charge < -0.3 is 1.43 Å². The molecule has 0 atom stereocenters. The molecule has 20 valence electrons. The van der Waals surface area contributed by atoms with Gasteiger partial charge in [0.1, 0.15) is 0 Å². The molecule has 0 saturated heterocycles. The maximum Gasteiger partial charge on any atom is 1.00 e. The average molecular weight is 142 g/mol. The van der Waals surface area contributed by atoms with E-state index in [9.17, 15) is 0 Å². The van der Waals surface area contributed by atoms with Crippen LogP contribution >= 0.6 is 12.4 Å². The van der Waals surface area contributed by atoms with Crippen LogP contribution in [0.4, 0.5) is 0 Å². The summed E-state index contributed by atoms with van der Waals surface area (Å²) >= 11 is 0. The van der Waals surface area contributed by atoms with Crippen LogP contribution in [0.5, 0.6) is 0 Å². The Bertz CT molecular complexity index is 11.6. The minimum atomic E-state index is 0. The molecule has 0 heterocycles. The summed E-state index contributed by atoms with van der Waals surface area (Å²) in [6.45, 7) is 0. The minimum Gasteiger partial charge on any atom is -1.00 e. The molecule has 3 heteroatoms. The van der Waals surface area contributed by atoms with Crippen LogP contribution in [-0.4, -0.2) is 0 Å². The molecule has 0 aromatic heterocycles. The van der Waals surface area contributed by atoms with E-state index in [0.29, 0.717) is 0 Å². The Morgan fingerprint density at radius 1 is 1.25 bits per heavy atom. The van der Waals surface area contributed by atoms with Gasteiger partial charge in [0.15, 0.2) is 0 Å². The van der Waals surface area contributed by atoms with Gasteiger partial charge in [-0.1, -0.05) is 7.43 Å². The van der Waals surface area contributed by atoms with Gasteiger partial charge in [-0.15, -0.1) is 12.4 Å². The van der Waals surface area contributed by atoms with E-state index in [1.807, 2.05) is 0 Å². The number of hydrogen-bond donors (Lipinski definition) is 0. The van der Waals surface area contributed by atoms with Crippen LogP contribution in [0.2, 0.25) is 0 Å². The summed E-state index contributed by atoms with van der Waals surface area (Å²) in [5.74, 6) is 0. The second-order valence-electron chi connectivity index (χ2n) is 0. The molecule has 0 aliphatic rings. The van der Waals surface area contributed by atoms with Crippen molar-refractivity contribution in [2.75, 3.05) is 0 Å². The van der Waals surface area contributed by atoms with Crippen LogP contribution in [0.3, 0.4) is 0 Å². The van der Waals surface area contributed by atoms with Gasteiger partial charge in [-0.25, -0.2) is 0 Å². The fourth-order valence-corrected chi connectivity index (χ4v) is 0. The van der Waals surface area contributed by atoms with Crippen molar-refractivity contribution in [3.05, 3.63) is 0 Å². The van der Waals surface area contributed by atoms with E-state index in [1.165, 1.54) is 0 Å². The predicted molar refractivity (Wildman–Crippen MR) is 15.1 cm³/mol. The van der Waals surface area contributed by atoms with E-state index in [-0.39, 0.29) is 70.3 Å². The standard InChI is InChI=1S/CH4.ClH.Na.Zn.H/h1H4;1H;;;/q;;+1;;-1. The van der Waals surface area contributed by atoms with Gasteiger partial charge in [0, 0.05) is 19.5 Å². The summed E-state index contributed by atoms with van der Waals surface area (Å²) in [6, 6.07) is 0. The molecule has 0 rings (SSSR count). The Morgan fingerprint density at radius 2 is 1.25 bits per heavy atom. The number of hydrogen-bond acceptors (Lipinski definition) is 0. The molecule has 0 aliphatic carbocycles. The zero-order valence-corrected chi connectivity index (χ0v) is 7.90. The molecule has 0 aromatic rings. The fourth-order valence-electron chi connectivity index (χ4n) is 0. The Balaban J connectivity index is 0. The summed E-state index contributed by atoms with van der Waals surface area (Å²) in [5, 5.41) is 0. The topological polar surface area (TPSA) is 0 Å². The summed E-state index contributed by atoms with van der Waals surface area (Å²) in [4.78, 5) is 0. The van der Waals surface area contributed by atoms with Crippen LogP contribution < -0.4 is 29.6 Å². The third-order valence-electron chi connectivity index (χ3n) is 0.